The molecule has 0 saturated carbocycles. The van der Waals surface area contributed by atoms with E-state index in [0.29, 0.717) is 0 Å². The van der Waals surface area contributed by atoms with E-state index < -0.39 is 16.1 Å². The largest absolute Gasteiger partial charge is 0.298 e. The van der Waals surface area contributed by atoms with E-state index in [2.05, 4.69) is 64.4 Å². The molecule has 27 heavy (non-hydrogen) atoms. The van der Waals surface area contributed by atoms with Crippen molar-refractivity contribution < 1.29 is 0 Å². The molecule has 0 rings (SSSR count). The van der Waals surface area contributed by atoms with Gasteiger partial charge in [0.15, 0.2) is 0 Å². The molecule has 0 aliphatic carbocycles. The molecule has 0 aliphatic rings. The van der Waals surface area contributed by atoms with Crippen molar-refractivity contribution in [1.82, 2.24) is 0 Å². The van der Waals surface area contributed by atoms with E-state index >= 15 is 0 Å². The van der Waals surface area contributed by atoms with Gasteiger partial charge in [-0.25, -0.2) is 0 Å². The van der Waals surface area contributed by atoms with E-state index in [1.807, 2.05) is 0 Å². The van der Waals surface area contributed by atoms with Gasteiger partial charge >= 0.3 is 0 Å². The van der Waals surface area contributed by atoms with E-state index in [0.717, 1.165) is 6.54 Å². The number of aliphatic imine (C=N–C) groups is 1. The molecule has 1 nitrogen and oxygen atoms in total. The summed E-state index contributed by atoms with van der Waals surface area (Å²) in [5, 5.41) is 0. The van der Waals surface area contributed by atoms with E-state index in [9.17, 15) is 0 Å². The zero-order valence-corrected chi connectivity index (χ0v) is 21.6. The van der Waals surface area contributed by atoms with Gasteiger partial charge in [-0.2, -0.15) is 0 Å². The molecule has 0 spiro atoms. The number of unbranched alkanes of at least 4 members (excludes halogenated alkanes) is 7. The highest BCUT2D eigenvalue weighted by Gasteiger charge is 2.19. The first-order chi connectivity index (χ1) is 12.5. The van der Waals surface area contributed by atoms with Gasteiger partial charge in [0.2, 0.25) is 0 Å². The Bertz CT molecular complexity index is 449. The van der Waals surface area contributed by atoms with Crippen molar-refractivity contribution >= 4 is 22.4 Å². The van der Waals surface area contributed by atoms with Crippen LogP contribution in [-0.2, 0) is 0 Å². The molecule has 0 heterocycles. The molecule has 0 radical (unpaired) electrons. The van der Waals surface area contributed by atoms with Crippen LogP contribution in [0, 0.1) is 0 Å². The third-order valence-electron chi connectivity index (χ3n) is 5.22. The van der Waals surface area contributed by atoms with Gasteiger partial charge in [-0.3, -0.25) is 4.99 Å². The summed E-state index contributed by atoms with van der Waals surface area (Å²) < 4.78 is 0. The van der Waals surface area contributed by atoms with Gasteiger partial charge in [0, 0.05) is 6.54 Å². The number of hydrogen-bond donors (Lipinski definition) is 0. The maximum Gasteiger partial charge on any atom is 0.0568 e. The fourth-order valence-electron chi connectivity index (χ4n) is 4.06. The Balaban J connectivity index is 3.49. The lowest BCUT2D eigenvalue weighted by Gasteiger charge is -2.22. The maximum absolute atomic E-state index is 4.64. The van der Waals surface area contributed by atoms with Crippen LogP contribution in [-0.4, -0.2) is 28.9 Å². The maximum atomic E-state index is 4.64. The van der Waals surface area contributed by atoms with Crippen LogP contribution in [0.1, 0.15) is 65.2 Å². The van der Waals surface area contributed by atoms with Gasteiger partial charge < -0.3 is 0 Å². The summed E-state index contributed by atoms with van der Waals surface area (Å²) in [4.78, 5) is 4.64. The summed E-state index contributed by atoms with van der Waals surface area (Å²) in [6.45, 7) is 23.4. The highest BCUT2D eigenvalue weighted by molar-refractivity contribution is 6.80. The normalized spacial score (nSPS) is 12.7. The third-order valence-corrected chi connectivity index (χ3v) is 11.3. The summed E-state index contributed by atoms with van der Waals surface area (Å²) in [5.41, 5.74) is 2.71. The smallest absolute Gasteiger partial charge is 0.0568 e. The summed E-state index contributed by atoms with van der Waals surface area (Å²) in [6.07, 6.45) is 13.3. The lowest BCUT2D eigenvalue weighted by atomic mass is 10.1. The van der Waals surface area contributed by atoms with E-state index in [1.54, 1.807) is 0 Å². The molecule has 0 bridgehead atoms. The summed E-state index contributed by atoms with van der Waals surface area (Å²) >= 11 is 0. The van der Waals surface area contributed by atoms with Crippen molar-refractivity contribution in [3.8, 4) is 0 Å². The van der Waals surface area contributed by atoms with E-state index in [-0.39, 0.29) is 0 Å². The van der Waals surface area contributed by atoms with Gasteiger partial charge in [-0.05, 0) is 44.6 Å². The van der Waals surface area contributed by atoms with Crippen LogP contribution in [0.3, 0.4) is 0 Å². The second-order valence-corrected chi connectivity index (χ2v) is 20.7. The minimum atomic E-state index is -1.13. The highest BCUT2D eigenvalue weighted by atomic mass is 28.3. The lowest BCUT2D eigenvalue weighted by molar-refractivity contribution is 0.577. The fourth-order valence-corrected chi connectivity index (χ4v) is 9.48. The van der Waals surface area contributed by atoms with E-state index in [1.165, 1.54) is 86.7 Å². The van der Waals surface area contributed by atoms with Crippen LogP contribution >= 0.6 is 0 Å². The predicted molar refractivity (Wildman–Crippen MR) is 134 cm³/mol. The van der Waals surface area contributed by atoms with Crippen molar-refractivity contribution in [1.29, 1.82) is 0 Å². The molecule has 0 aromatic rings. The zero-order valence-electron chi connectivity index (χ0n) is 19.6. The average molecular weight is 408 g/mol. The standard InChI is InChI=1S/C24H49NSi2/c1-23(2)21-26(5,6)19-16-14-12-10-9-11-13-15-17-25-18-20-27(7,8)22-24(3)4/h18H,1,3,9-17,19-22H2,2,4-8H3. The monoisotopic (exact) mass is 407 g/mol. The molecule has 158 valence electrons. The Morgan fingerprint density at radius 2 is 1.15 bits per heavy atom. The van der Waals surface area contributed by atoms with Crippen molar-refractivity contribution in [2.75, 3.05) is 6.54 Å². The van der Waals surface area contributed by atoms with Crippen LogP contribution in [0.25, 0.3) is 0 Å². The lowest BCUT2D eigenvalue weighted by Crippen LogP contribution is -2.25. The Hall–Kier alpha value is -0.416. The Kier molecular flexibility index (Phi) is 14.3. The second kappa shape index (κ2) is 14.6. The first kappa shape index (κ1) is 26.6. The SMILES string of the molecule is C=C(C)C[Si](C)(C)CC=NCCCCCCCCCC[Si](C)(C)CC(=C)C. The van der Waals surface area contributed by atoms with Crippen molar-refractivity contribution in [2.45, 2.75) is 116 Å². The minimum absolute atomic E-state index is 0.999. The number of rotatable bonds is 17. The van der Waals surface area contributed by atoms with Gasteiger partial charge in [0.05, 0.1) is 16.1 Å². The zero-order chi connectivity index (χ0) is 20.8. The van der Waals surface area contributed by atoms with Crippen LogP contribution in [0.15, 0.2) is 29.3 Å². The molecule has 0 amide bonds. The Labute approximate surface area is 173 Å². The predicted octanol–water partition coefficient (Wildman–Crippen LogP) is 8.75. The van der Waals surface area contributed by atoms with Crippen LogP contribution in [0.5, 0.6) is 0 Å². The molecule has 0 aliphatic heterocycles. The molecular formula is C24H49NSi2. The first-order valence-electron chi connectivity index (χ1n) is 11.3. The minimum Gasteiger partial charge on any atom is -0.298 e. The second-order valence-electron chi connectivity index (χ2n) is 10.5. The molecular weight excluding hydrogens is 358 g/mol. The average Bonchev–Trinajstić information content (AvgIpc) is 2.49. The molecule has 0 saturated heterocycles. The van der Waals surface area contributed by atoms with Gasteiger partial charge in [0.1, 0.15) is 0 Å². The van der Waals surface area contributed by atoms with Gasteiger partial charge in [0.25, 0.3) is 0 Å². The Morgan fingerprint density at radius 1 is 0.704 bits per heavy atom. The number of hydrogen-bond acceptors (Lipinski definition) is 1. The van der Waals surface area contributed by atoms with E-state index in [4.69, 9.17) is 0 Å². The molecule has 0 N–H and O–H groups in total. The number of nitrogens with zero attached hydrogens (tertiary/aromatic N) is 1. The molecule has 0 atom stereocenters. The van der Waals surface area contributed by atoms with Crippen LogP contribution < -0.4 is 0 Å². The first-order valence-corrected chi connectivity index (χ1v) is 18.1. The quantitative estimate of drug-likeness (QED) is 0.0988. The fraction of sp³-hybridized carbons (Fsp3) is 0.792. The van der Waals surface area contributed by atoms with Crippen molar-refractivity contribution in [3.63, 3.8) is 0 Å². The molecule has 0 unspecified atom stereocenters. The van der Waals surface area contributed by atoms with Gasteiger partial charge in [-0.15, -0.1) is 13.2 Å². The third kappa shape index (κ3) is 18.7. The van der Waals surface area contributed by atoms with Crippen LogP contribution in [0.4, 0.5) is 0 Å². The summed E-state index contributed by atoms with van der Waals surface area (Å²) in [5.74, 6) is 0. The molecule has 0 fully saturated rings. The van der Waals surface area contributed by atoms with Gasteiger partial charge in [-0.1, -0.05) is 88.3 Å². The Morgan fingerprint density at radius 3 is 1.67 bits per heavy atom. The summed E-state index contributed by atoms with van der Waals surface area (Å²) in [6, 6.07) is 5.21. The van der Waals surface area contributed by atoms with Crippen LogP contribution in [0.2, 0.25) is 50.4 Å². The number of allylic oxidation sites excluding steroid dienone is 2. The summed E-state index contributed by atoms with van der Waals surface area (Å²) in [7, 11) is -2.13. The van der Waals surface area contributed by atoms with Crippen molar-refractivity contribution in [3.05, 3.63) is 24.3 Å². The molecule has 3 heteroatoms. The topological polar surface area (TPSA) is 12.4 Å². The highest BCUT2D eigenvalue weighted by Crippen LogP contribution is 2.23. The molecule has 0 aromatic carbocycles. The van der Waals surface area contributed by atoms with Crippen molar-refractivity contribution in [2.24, 2.45) is 4.99 Å². The molecule has 0 aromatic heterocycles.